The lowest BCUT2D eigenvalue weighted by Gasteiger charge is -2.14. The third-order valence-corrected chi connectivity index (χ3v) is 3.95. The molecule has 1 N–H and O–H groups in total. The van der Waals surface area contributed by atoms with E-state index in [4.69, 9.17) is 0 Å². The maximum Gasteiger partial charge on any atom is 0.228 e. The molecule has 1 aliphatic heterocycles. The summed E-state index contributed by atoms with van der Waals surface area (Å²) in [5, 5.41) is 2.67. The highest BCUT2D eigenvalue weighted by Crippen LogP contribution is 2.41. The predicted molar refractivity (Wildman–Crippen MR) is 72.4 cm³/mol. The molecule has 0 bridgehead atoms. The van der Waals surface area contributed by atoms with E-state index in [0.717, 1.165) is 25.9 Å². The fraction of sp³-hybridized carbons (Fsp3) is 0.467. The Morgan fingerprint density at radius 1 is 1.20 bits per heavy atom. The van der Waals surface area contributed by atoms with E-state index in [1.807, 2.05) is 4.90 Å². The Balaban J connectivity index is 1.56. The maximum atomic E-state index is 13.0. The molecule has 4 nitrogen and oxygen atoms in total. The molecular weight excluding hydrogens is 259 g/mol. The van der Waals surface area contributed by atoms with E-state index >= 15 is 0 Å². The molecule has 1 saturated heterocycles. The second kappa shape index (κ2) is 5.23. The van der Waals surface area contributed by atoms with E-state index in [0.29, 0.717) is 12.1 Å². The number of hydrogen-bond donors (Lipinski definition) is 1. The van der Waals surface area contributed by atoms with Crippen molar-refractivity contribution < 1.29 is 14.0 Å². The van der Waals surface area contributed by atoms with Crippen LogP contribution in [0.1, 0.15) is 19.3 Å². The Morgan fingerprint density at radius 3 is 2.65 bits per heavy atom. The van der Waals surface area contributed by atoms with Gasteiger partial charge in [0, 0.05) is 18.8 Å². The van der Waals surface area contributed by atoms with Crippen molar-refractivity contribution in [2.24, 2.45) is 11.8 Å². The topological polar surface area (TPSA) is 49.4 Å². The lowest BCUT2D eigenvalue weighted by Crippen LogP contribution is -2.30. The van der Waals surface area contributed by atoms with Gasteiger partial charge >= 0.3 is 0 Å². The van der Waals surface area contributed by atoms with Crippen molar-refractivity contribution in [3.05, 3.63) is 30.1 Å². The fourth-order valence-electron chi connectivity index (χ4n) is 2.73. The third kappa shape index (κ3) is 2.66. The standard InChI is InChI=1S/C15H17FN2O2/c16-10-4-3-5-11(8-10)17-14(19)12-9-13(12)15(20)18-6-1-2-7-18/h3-5,8,12-13H,1-2,6-7,9H2,(H,17,19). The first kappa shape index (κ1) is 13.1. The SMILES string of the molecule is O=C(Nc1cccc(F)c1)C1CC1C(=O)N1CCCC1. The first-order valence-electron chi connectivity index (χ1n) is 7.00. The lowest BCUT2D eigenvalue weighted by atomic mass is 10.2. The highest BCUT2D eigenvalue weighted by atomic mass is 19.1. The molecular formula is C15H17FN2O2. The van der Waals surface area contributed by atoms with Gasteiger partial charge in [0.25, 0.3) is 0 Å². The number of likely N-dealkylation sites (tertiary alicyclic amines) is 1. The zero-order chi connectivity index (χ0) is 14.1. The van der Waals surface area contributed by atoms with Gasteiger partial charge in [-0.15, -0.1) is 0 Å². The van der Waals surface area contributed by atoms with Gasteiger partial charge < -0.3 is 10.2 Å². The van der Waals surface area contributed by atoms with Crippen molar-refractivity contribution in [2.45, 2.75) is 19.3 Å². The number of carbonyl (C=O) groups is 2. The Kier molecular flexibility index (Phi) is 3.42. The summed E-state index contributed by atoms with van der Waals surface area (Å²) in [5.41, 5.74) is 0.439. The first-order chi connectivity index (χ1) is 9.65. The number of nitrogens with one attached hydrogen (secondary N) is 1. The van der Waals surface area contributed by atoms with Crippen molar-refractivity contribution >= 4 is 17.5 Å². The van der Waals surface area contributed by atoms with Crippen LogP contribution >= 0.6 is 0 Å². The molecule has 2 fully saturated rings. The van der Waals surface area contributed by atoms with Crippen molar-refractivity contribution in [3.63, 3.8) is 0 Å². The molecule has 2 unspecified atom stereocenters. The van der Waals surface area contributed by atoms with E-state index in [2.05, 4.69) is 5.32 Å². The Bertz CT molecular complexity index is 540. The van der Waals surface area contributed by atoms with Gasteiger partial charge in [0.15, 0.2) is 0 Å². The minimum atomic E-state index is -0.386. The summed E-state index contributed by atoms with van der Waals surface area (Å²) in [7, 11) is 0. The van der Waals surface area contributed by atoms with Crippen molar-refractivity contribution in [1.82, 2.24) is 4.90 Å². The number of halogens is 1. The summed E-state index contributed by atoms with van der Waals surface area (Å²) in [6, 6.07) is 5.79. The molecule has 1 heterocycles. The van der Waals surface area contributed by atoms with Crippen LogP contribution in [0.25, 0.3) is 0 Å². The van der Waals surface area contributed by atoms with Crippen LogP contribution in [-0.4, -0.2) is 29.8 Å². The summed E-state index contributed by atoms with van der Waals surface area (Å²) in [6.07, 6.45) is 2.72. The fourth-order valence-corrected chi connectivity index (χ4v) is 2.73. The molecule has 0 aromatic heterocycles. The zero-order valence-electron chi connectivity index (χ0n) is 11.1. The van der Waals surface area contributed by atoms with Crippen LogP contribution in [0.15, 0.2) is 24.3 Å². The number of rotatable bonds is 3. The Hall–Kier alpha value is -1.91. The quantitative estimate of drug-likeness (QED) is 0.918. The van der Waals surface area contributed by atoms with Crippen LogP contribution in [0.2, 0.25) is 0 Å². The summed E-state index contributed by atoms with van der Waals surface area (Å²) in [5.74, 6) is -0.911. The average molecular weight is 276 g/mol. The molecule has 1 saturated carbocycles. The van der Waals surface area contributed by atoms with E-state index in [-0.39, 0.29) is 29.5 Å². The van der Waals surface area contributed by atoms with Gasteiger partial charge in [-0.25, -0.2) is 4.39 Å². The third-order valence-electron chi connectivity index (χ3n) is 3.95. The predicted octanol–water partition coefficient (Wildman–Crippen LogP) is 2.02. The van der Waals surface area contributed by atoms with E-state index < -0.39 is 0 Å². The van der Waals surface area contributed by atoms with Crippen LogP contribution in [0, 0.1) is 17.7 Å². The zero-order valence-corrected chi connectivity index (χ0v) is 11.1. The van der Waals surface area contributed by atoms with Crippen LogP contribution < -0.4 is 5.32 Å². The summed E-state index contributed by atoms with van der Waals surface area (Å²) in [6.45, 7) is 1.63. The molecule has 1 aromatic carbocycles. The highest BCUT2D eigenvalue weighted by Gasteiger charge is 2.49. The highest BCUT2D eigenvalue weighted by molar-refractivity contribution is 5.99. The second-order valence-corrected chi connectivity index (χ2v) is 5.48. The number of nitrogens with zero attached hydrogens (tertiary/aromatic N) is 1. The summed E-state index contributed by atoms with van der Waals surface area (Å²) >= 11 is 0. The normalized spacial score (nSPS) is 24.6. The maximum absolute atomic E-state index is 13.0. The molecule has 1 aromatic rings. The minimum Gasteiger partial charge on any atom is -0.342 e. The Morgan fingerprint density at radius 2 is 1.95 bits per heavy atom. The van der Waals surface area contributed by atoms with Crippen LogP contribution in [0.3, 0.4) is 0 Å². The second-order valence-electron chi connectivity index (χ2n) is 5.48. The smallest absolute Gasteiger partial charge is 0.228 e. The van der Waals surface area contributed by atoms with Crippen LogP contribution in [0.5, 0.6) is 0 Å². The molecule has 0 radical (unpaired) electrons. The van der Waals surface area contributed by atoms with E-state index in [1.165, 1.54) is 12.1 Å². The van der Waals surface area contributed by atoms with Gasteiger partial charge in [0.2, 0.25) is 11.8 Å². The molecule has 1 aliphatic carbocycles. The van der Waals surface area contributed by atoms with Crippen molar-refractivity contribution in [2.75, 3.05) is 18.4 Å². The van der Waals surface area contributed by atoms with Gasteiger partial charge in [-0.3, -0.25) is 9.59 Å². The number of amides is 2. The molecule has 2 atom stereocenters. The monoisotopic (exact) mass is 276 g/mol. The minimum absolute atomic E-state index is 0.0990. The number of benzene rings is 1. The van der Waals surface area contributed by atoms with Crippen LogP contribution in [0.4, 0.5) is 10.1 Å². The van der Waals surface area contributed by atoms with Crippen molar-refractivity contribution in [3.8, 4) is 0 Å². The summed E-state index contributed by atoms with van der Waals surface area (Å²) in [4.78, 5) is 26.0. The number of anilines is 1. The van der Waals surface area contributed by atoms with Gasteiger partial charge in [0.05, 0.1) is 11.8 Å². The van der Waals surface area contributed by atoms with Gasteiger partial charge in [0.1, 0.15) is 5.82 Å². The van der Waals surface area contributed by atoms with Gasteiger partial charge in [-0.1, -0.05) is 6.07 Å². The van der Waals surface area contributed by atoms with Crippen molar-refractivity contribution in [1.29, 1.82) is 0 Å². The lowest BCUT2D eigenvalue weighted by molar-refractivity contribution is -0.133. The Labute approximate surface area is 117 Å². The van der Waals surface area contributed by atoms with E-state index in [1.54, 1.807) is 12.1 Å². The van der Waals surface area contributed by atoms with Gasteiger partial charge in [-0.05, 0) is 37.5 Å². The largest absolute Gasteiger partial charge is 0.342 e. The van der Waals surface area contributed by atoms with E-state index in [9.17, 15) is 14.0 Å². The molecule has 2 aliphatic rings. The molecule has 3 rings (SSSR count). The number of carbonyl (C=O) groups excluding carboxylic acids is 2. The molecule has 20 heavy (non-hydrogen) atoms. The molecule has 106 valence electrons. The average Bonchev–Trinajstić information content (AvgIpc) is 3.04. The summed E-state index contributed by atoms with van der Waals surface area (Å²) < 4.78 is 13.0. The number of hydrogen-bond acceptors (Lipinski definition) is 2. The first-order valence-corrected chi connectivity index (χ1v) is 7.00. The molecule has 0 spiro atoms. The molecule has 2 amide bonds. The van der Waals surface area contributed by atoms with Gasteiger partial charge in [-0.2, -0.15) is 0 Å². The molecule has 5 heteroatoms. The van der Waals surface area contributed by atoms with Crippen LogP contribution in [-0.2, 0) is 9.59 Å².